The Bertz CT molecular complexity index is 484. The van der Waals surface area contributed by atoms with Gasteiger partial charge >= 0.3 is 5.97 Å². The van der Waals surface area contributed by atoms with E-state index in [0.717, 1.165) is 12.1 Å². The summed E-state index contributed by atoms with van der Waals surface area (Å²) in [5.41, 5.74) is -0.583. The van der Waals surface area contributed by atoms with Crippen LogP contribution in [0.1, 0.15) is 10.4 Å². The molecule has 1 aromatic rings. The van der Waals surface area contributed by atoms with E-state index < -0.39 is 32.3 Å². The van der Waals surface area contributed by atoms with E-state index in [2.05, 4.69) is 0 Å². The molecule has 6 nitrogen and oxygen atoms in total. The monoisotopic (exact) mass is 296 g/mol. The molecular weight excluding hydrogens is 290 g/mol. The van der Waals surface area contributed by atoms with Gasteiger partial charge in [0.1, 0.15) is 11.3 Å². The summed E-state index contributed by atoms with van der Waals surface area (Å²) in [5.74, 6) is -2.04. The quantitative estimate of drug-likeness (QED) is 0.504. The standard InChI is InChI=1S/C7H6O6S.2K/c8-6-2-1-4(14(11,12)13)3-5(6)7(9)10;;/h1-3,8H,(H,9,10)(H,11,12,13);;. The third kappa shape index (κ3) is 5.54. The fraction of sp³-hybridized carbons (Fsp3) is 0. The van der Waals surface area contributed by atoms with Crippen molar-refractivity contribution in [2.45, 2.75) is 4.90 Å². The number of hydrogen-bond acceptors (Lipinski definition) is 4. The molecular formula is C7H6K2O6S. The Morgan fingerprint density at radius 2 is 1.69 bits per heavy atom. The minimum Gasteiger partial charge on any atom is -0.507 e. The summed E-state index contributed by atoms with van der Waals surface area (Å²) in [6, 6.07) is 2.46. The van der Waals surface area contributed by atoms with Gasteiger partial charge in [-0.2, -0.15) is 8.42 Å². The summed E-state index contributed by atoms with van der Waals surface area (Å²) in [7, 11) is -4.45. The zero-order valence-corrected chi connectivity index (χ0v) is 15.8. The van der Waals surface area contributed by atoms with Gasteiger partial charge in [0.15, 0.2) is 0 Å². The molecule has 0 saturated heterocycles. The molecule has 0 amide bonds. The van der Waals surface area contributed by atoms with Gasteiger partial charge in [-0.25, -0.2) is 4.79 Å². The van der Waals surface area contributed by atoms with Gasteiger partial charge in [0.05, 0.1) is 4.90 Å². The summed E-state index contributed by atoms with van der Waals surface area (Å²) >= 11 is 0. The third-order valence-corrected chi connectivity index (χ3v) is 2.35. The number of rotatable bonds is 2. The molecule has 0 unspecified atom stereocenters. The minimum absolute atomic E-state index is 0. The van der Waals surface area contributed by atoms with Gasteiger partial charge in [-0.05, 0) is 18.2 Å². The molecule has 0 bridgehead atoms. The van der Waals surface area contributed by atoms with Crippen molar-refractivity contribution in [3.05, 3.63) is 23.8 Å². The van der Waals surface area contributed by atoms with Gasteiger partial charge in [-0.15, -0.1) is 0 Å². The van der Waals surface area contributed by atoms with Crippen molar-refractivity contribution in [2.24, 2.45) is 0 Å². The molecule has 1 rings (SSSR count). The molecule has 0 saturated carbocycles. The van der Waals surface area contributed by atoms with Crippen molar-refractivity contribution >= 4 is 119 Å². The number of benzene rings is 1. The van der Waals surface area contributed by atoms with E-state index in [1.165, 1.54) is 0 Å². The maximum absolute atomic E-state index is 10.6. The summed E-state index contributed by atoms with van der Waals surface area (Å²) in [6.07, 6.45) is 0. The van der Waals surface area contributed by atoms with Crippen molar-refractivity contribution < 1.29 is 28.0 Å². The molecule has 0 heterocycles. The van der Waals surface area contributed by atoms with Gasteiger partial charge in [0.25, 0.3) is 10.1 Å². The van der Waals surface area contributed by atoms with E-state index in [0.29, 0.717) is 6.07 Å². The Morgan fingerprint density at radius 1 is 1.19 bits per heavy atom. The van der Waals surface area contributed by atoms with Crippen LogP contribution in [0.25, 0.3) is 0 Å². The summed E-state index contributed by atoms with van der Waals surface area (Å²) < 4.78 is 29.8. The van der Waals surface area contributed by atoms with E-state index in [9.17, 15) is 13.2 Å². The number of carboxylic acids is 1. The Labute approximate surface area is 177 Å². The largest absolute Gasteiger partial charge is 0.507 e. The second-order valence-corrected chi connectivity index (χ2v) is 3.88. The van der Waals surface area contributed by atoms with Crippen LogP contribution in [-0.2, 0) is 10.1 Å². The SMILES string of the molecule is O=C(O)c1cc(S(=O)(=O)O)ccc1O.[K].[K]. The van der Waals surface area contributed by atoms with Crippen LogP contribution in [0.15, 0.2) is 23.1 Å². The van der Waals surface area contributed by atoms with E-state index >= 15 is 0 Å². The number of carboxylic acid groups (broad SMARTS) is 1. The van der Waals surface area contributed by atoms with Crippen LogP contribution in [0.2, 0.25) is 0 Å². The first-order valence-electron chi connectivity index (χ1n) is 3.36. The molecule has 78 valence electrons. The number of hydrogen-bond donors (Lipinski definition) is 3. The zero-order chi connectivity index (χ0) is 10.9. The Hall–Kier alpha value is 1.67. The van der Waals surface area contributed by atoms with Gasteiger partial charge in [0.2, 0.25) is 0 Å². The van der Waals surface area contributed by atoms with Crippen LogP contribution in [0.5, 0.6) is 5.75 Å². The topological polar surface area (TPSA) is 112 Å². The minimum atomic E-state index is -4.45. The summed E-state index contributed by atoms with van der Waals surface area (Å²) in [6.45, 7) is 0. The fourth-order valence-corrected chi connectivity index (χ4v) is 1.35. The number of aromatic hydroxyl groups is 1. The van der Waals surface area contributed by atoms with E-state index in [4.69, 9.17) is 14.8 Å². The average Bonchev–Trinajstić information content (AvgIpc) is 2.02. The molecule has 1 aromatic carbocycles. The van der Waals surface area contributed by atoms with Crippen molar-refractivity contribution in [1.29, 1.82) is 0 Å². The number of phenols is 1. The van der Waals surface area contributed by atoms with Crippen molar-refractivity contribution in [2.75, 3.05) is 0 Å². The second-order valence-electron chi connectivity index (χ2n) is 2.46. The summed E-state index contributed by atoms with van der Waals surface area (Å²) in [5, 5.41) is 17.5. The van der Waals surface area contributed by atoms with E-state index in [1.807, 2.05) is 0 Å². The Kier molecular flexibility index (Phi) is 9.96. The zero-order valence-electron chi connectivity index (χ0n) is 8.71. The van der Waals surface area contributed by atoms with Crippen LogP contribution in [0.3, 0.4) is 0 Å². The van der Waals surface area contributed by atoms with Gasteiger partial charge in [-0.1, -0.05) is 0 Å². The van der Waals surface area contributed by atoms with E-state index in [1.54, 1.807) is 0 Å². The van der Waals surface area contributed by atoms with E-state index in [-0.39, 0.29) is 103 Å². The molecule has 0 spiro atoms. The second kappa shape index (κ2) is 7.97. The number of carbonyl (C=O) groups is 1. The molecule has 0 atom stereocenters. The molecule has 0 aliphatic rings. The van der Waals surface area contributed by atoms with Crippen LogP contribution in [-0.4, -0.2) is 132 Å². The van der Waals surface area contributed by atoms with Crippen molar-refractivity contribution in [3.63, 3.8) is 0 Å². The first kappa shape index (κ1) is 20.0. The molecule has 0 aliphatic heterocycles. The van der Waals surface area contributed by atoms with Gasteiger partial charge in [-0.3, -0.25) is 4.55 Å². The fourth-order valence-electron chi connectivity index (χ4n) is 0.847. The summed E-state index contributed by atoms with van der Waals surface area (Å²) in [4.78, 5) is 9.89. The molecule has 0 aliphatic carbocycles. The molecule has 3 N–H and O–H groups in total. The van der Waals surface area contributed by atoms with Crippen molar-refractivity contribution in [1.82, 2.24) is 0 Å². The molecule has 2 radical (unpaired) electrons. The number of aromatic carboxylic acids is 1. The van der Waals surface area contributed by atoms with Gasteiger partial charge < -0.3 is 10.2 Å². The first-order valence-corrected chi connectivity index (χ1v) is 4.80. The molecule has 0 aromatic heterocycles. The first-order chi connectivity index (χ1) is 6.32. The third-order valence-electron chi connectivity index (χ3n) is 1.50. The van der Waals surface area contributed by atoms with Crippen molar-refractivity contribution in [3.8, 4) is 5.75 Å². The Morgan fingerprint density at radius 3 is 2.06 bits per heavy atom. The van der Waals surface area contributed by atoms with Crippen LogP contribution >= 0.6 is 0 Å². The average molecular weight is 296 g/mol. The van der Waals surface area contributed by atoms with Crippen LogP contribution in [0, 0.1) is 0 Å². The van der Waals surface area contributed by atoms with Crippen LogP contribution in [0.4, 0.5) is 0 Å². The maximum atomic E-state index is 10.6. The molecule has 9 heteroatoms. The van der Waals surface area contributed by atoms with Crippen LogP contribution < -0.4 is 0 Å². The predicted molar refractivity (Wildman–Crippen MR) is 56.4 cm³/mol. The maximum Gasteiger partial charge on any atom is 0.339 e. The Balaban J connectivity index is 0. The normalized spacial score (nSPS) is 9.81. The molecule has 16 heavy (non-hydrogen) atoms. The molecule has 0 fully saturated rings. The smallest absolute Gasteiger partial charge is 0.339 e. The predicted octanol–water partition coefficient (Wildman–Crippen LogP) is -0.424. The van der Waals surface area contributed by atoms with Gasteiger partial charge in [0, 0.05) is 103 Å².